The summed E-state index contributed by atoms with van der Waals surface area (Å²) in [6.07, 6.45) is 5.62. The Morgan fingerprint density at radius 2 is 2.00 bits per heavy atom. The number of benzene rings is 1. The summed E-state index contributed by atoms with van der Waals surface area (Å²) in [7, 11) is 0. The number of rotatable bonds is 7. The number of nitrogen functional groups attached to an aromatic ring is 1. The molecule has 2 aromatic rings. The molecule has 0 saturated heterocycles. The first-order valence-electron chi connectivity index (χ1n) is 9.71. The molecule has 1 amide bonds. The van der Waals surface area contributed by atoms with Gasteiger partial charge in [0.15, 0.2) is 5.78 Å². The average molecular weight is 419 g/mol. The molecule has 0 aliphatic heterocycles. The van der Waals surface area contributed by atoms with Crippen LogP contribution in [0.4, 0.5) is 10.2 Å². The van der Waals surface area contributed by atoms with E-state index in [9.17, 15) is 9.59 Å². The average Bonchev–Trinajstić information content (AvgIpc) is 3.25. The van der Waals surface area contributed by atoms with Crippen molar-refractivity contribution >= 4 is 29.1 Å². The van der Waals surface area contributed by atoms with Crippen molar-refractivity contribution in [1.82, 2.24) is 15.8 Å². The van der Waals surface area contributed by atoms with Gasteiger partial charge in [0, 0.05) is 23.2 Å². The third-order valence-corrected chi connectivity index (χ3v) is 5.59. The van der Waals surface area contributed by atoms with Crippen molar-refractivity contribution in [2.45, 2.75) is 45.1 Å². The van der Waals surface area contributed by atoms with E-state index in [4.69, 9.17) is 17.3 Å². The van der Waals surface area contributed by atoms with E-state index in [2.05, 4.69) is 15.8 Å². The summed E-state index contributed by atoms with van der Waals surface area (Å²) in [5.41, 5.74) is 11.4. The van der Waals surface area contributed by atoms with Gasteiger partial charge >= 0.3 is 0 Å². The second kappa shape index (κ2) is 9.33. The third-order valence-electron chi connectivity index (χ3n) is 5.28. The third kappa shape index (κ3) is 4.74. The van der Waals surface area contributed by atoms with Gasteiger partial charge in [-0.3, -0.25) is 15.0 Å². The van der Waals surface area contributed by atoms with Crippen LogP contribution in [0.1, 0.15) is 66.6 Å². The number of amides is 1. The number of hydrogen-bond acceptors (Lipinski definition) is 5. The van der Waals surface area contributed by atoms with Gasteiger partial charge in [-0.05, 0) is 37.5 Å². The van der Waals surface area contributed by atoms with E-state index in [1.54, 1.807) is 0 Å². The number of ketones is 1. The SMILES string of the molecule is CCC(NNC(=O)C1CCCC1)c1ccc(Cl)c(C(=O)c2ccc(N)nc2)c1F. The number of hydrogen-bond donors (Lipinski definition) is 3. The molecule has 1 aromatic carbocycles. The number of carbonyl (C=O) groups is 2. The first-order chi connectivity index (χ1) is 13.9. The molecule has 1 aromatic heterocycles. The zero-order valence-corrected chi connectivity index (χ0v) is 16.9. The predicted molar refractivity (Wildman–Crippen MR) is 110 cm³/mol. The Bertz CT molecular complexity index is 898. The number of aromatic nitrogens is 1. The van der Waals surface area contributed by atoms with Gasteiger partial charge in [-0.1, -0.05) is 37.4 Å². The molecule has 6 nitrogen and oxygen atoms in total. The van der Waals surface area contributed by atoms with Crippen molar-refractivity contribution in [2.24, 2.45) is 5.92 Å². The van der Waals surface area contributed by atoms with Gasteiger partial charge in [0.1, 0.15) is 11.6 Å². The van der Waals surface area contributed by atoms with Crippen LogP contribution in [0.3, 0.4) is 0 Å². The van der Waals surface area contributed by atoms with Crippen LogP contribution in [0.15, 0.2) is 30.5 Å². The zero-order valence-electron chi connectivity index (χ0n) is 16.2. The highest BCUT2D eigenvalue weighted by atomic mass is 35.5. The number of halogens is 2. The first-order valence-corrected chi connectivity index (χ1v) is 10.1. The van der Waals surface area contributed by atoms with Crippen LogP contribution >= 0.6 is 11.6 Å². The molecular weight excluding hydrogens is 395 g/mol. The zero-order chi connectivity index (χ0) is 21.0. The van der Waals surface area contributed by atoms with E-state index < -0.39 is 17.6 Å². The Morgan fingerprint density at radius 1 is 1.28 bits per heavy atom. The van der Waals surface area contributed by atoms with Gasteiger partial charge in [-0.2, -0.15) is 0 Å². The van der Waals surface area contributed by atoms with Crippen LogP contribution in [-0.2, 0) is 4.79 Å². The Labute approximate surface area is 174 Å². The van der Waals surface area contributed by atoms with Crippen molar-refractivity contribution in [2.75, 3.05) is 5.73 Å². The minimum atomic E-state index is -0.714. The summed E-state index contributed by atoms with van der Waals surface area (Å²) >= 11 is 6.14. The summed E-state index contributed by atoms with van der Waals surface area (Å²) in [4.78, 5) is 28.9. The highest BCUT2D eigenvalue weighted by Crippen LogP contribution is 2.30. The van der Waals surface area contributed by atoms with Crippen molar-refractivity contribution < 1.29 is 14.0 Å². The molecule has 29 heavy (non-hydrogen) atoms. The van der Waals surface area contributed by atoms with Crippen LogP contribution in [0.2, 0.25) is 5.02 Å². The van der Waals surface area contributed by atoms with Gasteiger partial charge in [0.05, 0.1) is 16.6 Å². The van der Waals surface area contributed by atoms with Gasteiger partial charge < -0.3 is 5.73 Å². The van der Waals surface area contributed by atoms with E-state index >= 15 is 4.39 Å². The molecule has 1 fully saturated rings. The summed E-state index contributed by atoms with van der Waals surface area (Å²) in [6.45, 7) is 1.86. The number of nitrogens with zero attached hydrogens (tertiary/aromatic N) is 1. The largest absolute Gasteiger partial charge is 0.384 e. The molecule has 0 spiro atoms. The van der Waals surface area contributed by atoms with Crippen LogP contribution in [-0.4, -0.2) is 16.7 Å². The second-order valence-corrected chi connectivity index (χ2v) is 7.61. The fraction of sp³-hybridized carbons (Fsp3) is 0.381. The van der Waals surface area contributed by atoms with Crippen molar-refractivity contribution in [3.05, 3.63) is 58.0 Å². The van der Waals surface area contributed by atoms with Crippen LogP contribution in [0.5, 0.6) is 0 Å². The van der Waals surface area contributed by atoms with Crippen LogP contribution < -0.4 is 16.6 Å². The van der Waals surface area contributed by atoms with E-state index in [1.165, 1.54) is 30.5 Å². The lowest BCUT2D eigenvalue weighted by Gasteiger charge is -2.21. The first kappa shape index (κ1) is 21.2. The molecule has 154 valence electrons. The number of anilines is 1. The van der Waals surface area contributed by atoms with Gasteiger partial charge in [0.2, 0.25) is 5.91 Å². The van der Waals surface area contributed by atoms with E-state index in [-0.39, 0.29) is 39.4 Å². The highest BCUT2D eigenvalue weighted by Gasteiger charge is 2.26. The van der Waals surface area contributed by atoms with Crippen LogP contribution in [0.25, 0.3) is 0 Å². The van der Waals surface area contributed by atoms with Crippen molar-refractivity contribution in [1.29, 1.82) is 0 Å². The fourth-order valence-corrected chi connectivity index (χ4v) is 3.81. The van der Waals surface area contributed by atoms with Gasteiger partial charge in [-0.15, -0.1) is 0 Å². The summed E-state index contributed by atoms with van der Waals surface area (Å²) in [5, 5.41) is 0.0120. The number of hydrazine groups is 1. The second-order valence-electron chi connectivity index (χ2n) is 7.20. The van der Waals surface area contributed by atoms with E-state index in [1.807, 2.05) is 6.92 Å². The molecule has 1 heterocycles. The Hall–Kier alpha value is -2.51. The maximum Gasteiger partial charge on any atom is 0.237 e. The molecule has 1 saturated carbocycles. The fourth-order valence-electron chi connectivity index (χ4n) is 3.58. The van der Waals surface area contributed by atoms with Gasteiger partial charge in [0.25, 0.3) is 0 Å². The number of nitrogens with one attached hydrogen (secondary N) is 2. The molecule has 1 aliphatic carbocycles. The molecule has 8 heteroatoms. The number of nitrogens with two attached hydrogens (primary N) is 1. The van der Waals surface area contributed by atoms with E-state index in [0.29, 0.717) is 6.42 Å². The quantitative estimate of drug-likeness (QED) is 0.467. The van der Waals surface area contributed by atoms with Crippen molar-refractivity contribution in [3.8, 4) is 0 Å². The Balaban J connectivity index is 1.83. The molecular formula is C21H24ClFN4O2. The normalized spacial score (nSPS) is 15.3. The lowest BCUT2D eigenvalue weighted by atomic mass is 9.97. The van der Waals surface area contributed by atoms with Crippen LogP contribution in [0, 0.1) is 11.7 Å². The maximum absolute atomic E-state index is 15.3. The van der Waals surface area contributed by atoms with Crippen molar-refractivity contribution in [3.63, 3.8) is 0 Å². The number of pyridine rings is 1. The molecule has 1 atom stereocenters. The molecule has 0 radical (unpaired) electrons. The standard InChI is InChI=1S/C21H24ClFN4O2/c1-2-16(26-27-21(29)12-5-3-4-6-12)14-8-9-15(22)18(19(14)23)20(28)13-7-10-17(24)25-11-13/h7-12,16,26H,2-6H2,1H3,(H2,24,25)(H,27,29). The summed E-state index contributed by atoms with van der Waals surface area (Å²) in [6, 6.07) is 5.45. The lowest BCUT2D eigenvalue weighted by molar-refractivity contribution is -0.126. The Kier molecular flexibility index (Phi) is 6.82. The summed E-state index contributed by atoms with van der Waals surface area (Å²) < 4.78 is 15.3. The smallest absolute Gasteiger partial charge is 0.237 e. The summed E-state index contributed by atoms with van der Waals surface area (Å²) in [5.74, 6) is -1.12. The van der Waals surface area contributed by atoms with Gasteiger partial charge in [-0.25, -0.2) is 14.8 Å². The monoisotopic (exact) mass is 418 g/mol. The number of carbonyl (C=O) groups excluding carboxylic acids is 2. The predicted octanol–water partition coefficient (Wildman–Crippen LogP) is 3.95. The highest BCUT2D eigenvalue weighted by molar-refractivity contribution is 6.35. The maximum atomic E-state index is 15.3. The molecule has 1 unspecified atom stereocenters. The molecule has 1 aliphatic rings. The Morgan fingerprint density at radius 3 is 2.62 bits per heavy atom. The molecule has 0 bridgehead atoms. The topological polar surface area (TPSA) is 97.1 Å². The minimum absolute atomic E-state index is 0.00905. The van der Waals surface area contributed by atoms with E-state index in [0.717, 1.165) is 25.7 Å². The molecule has 4 N–H and O–H groups in total. The molecule has 3 rings (SSSR count). The lowest BCUT2D eigenvalue weighted by Crippen LogP contribution is -2.42. The minimum Gasteiger partial charge on any atom is -0.384 e.